The fourth-order valence-corrected chi connectivity index (χ4v) is 2.33. The molecule has 2 nitrogen and oxygen atoms in total. The molecule has 0 unspecified atom stereocenters. The van der Waals surface area contributed by atoms with Gasteiger partial charge in [-0.25, -0.2) is 0 Å². The zero-order valence-corrected chi connectivity index (χ0v) is 10.9. The Balaban J connectivity index is 3.27. The van der Waals surface area contributed by atoms with Gasteiger partial charge in [-0.15, -0.1) is 0 Å². The predicted molar refractivity (Wildman–Crippen MR) is 68.5 cm³/mol. The van der Waals surface area contributed by atoms with Gasteiger partial charge in [0.05, 0.1) is 6.07 Å². The molecule has 0 amide bonds. The third kappa shape index (κ3) is 2.24. The second-order valence-corrected chi connectivity index (χ2v) is 4.99. The molecule has 0 heterocycles. The second kappa shape index (κ2) is 5.14. The summed E-state index contributed by atoms with van der Waals surface area (Å²) in [5.41, 5.74) is -0.308. The van der Waals surface area contributed by atoms with Gasteiger partial charge >= 0.3 is 0 Å². The first-order valence-electron chi connectivity index (χ1n) is 5.98. The molecular weight excluding hydrogens is 210 g/mol. The maximum absolute atomic E-state index is 12.6. The molecule has 0 N–H and O–H groups in total. The number of hydrogen-bond acceptors (Lipinski definition) is 2. The van der Waals surface area contributed by atoms with Crippen LogP contribution in [0.2, 0.25) is 0 Å². The number of benzene rings is 1. The number of rotatable bonds is 4. The summed E-state index contributed by atoms with van der Waals surface area (Å²) in [6, 6.07) is 11.3. The number of Topliss-reactive ketones (excluding diaryl/α,β-unsaturated/α-hetero) is 1. The van der Waals surface area contributed by atoms with Crippen LogP contribution in [0.3, 0.4) is 0 Å². The summed E-state index contributed by atoms with van der Waals surface area (Å²) in [5, 5.41) is 9.48. The van der Waals surface area contributed by atoms with Gasteiger partial charge in [0.25, 0.3) is 0 Å². The second-order valence-electron chi connectivity index (χ2n) is 4.99. The molecule has 0 atom stereocenters. The standard InChI is InChI=1S/C15H19NO/c1-11(2)15(10-16,12(3)4)14(17)13-8-6-5-7-9-13/h5-9,11-12H,1-4H3. The lowest BCUT2D eigenvalue weighted by molar-refractivity contribution is 0.0719. The van der Waals surface area contributed by atoms with Gasteiger partial charge in [0.1, 0.15) is 5.41 Å². The molecule has 0 aliphatic heterocycles. The number of ketones is 1. The lowest BCUT2D eigenvalue weighted by Crippen LogP contribution is -2.40. The fourth-order valence-electron chi connectivity index (χ4n) is 2.33. The molecular formula is C15H19NO. The zero-order valence-electron chi connectivity index (χ0n) is 10.9. The Kier molecular flexibility index (Phi) is 4.07. The Labute approximate surface area is 103 Å². The van der Waals surface area contributed by atoms with Crippen LogP contribution in [-0.4, -0.2) is 5.78 Å². The van der Waals surface area contributed by atoms with Crippen LogP contribution in [-0.2, 0) is 0 Å². The van der Waals surface area contributed by atoms with Gasteiger partial charge in [-0.3, -0.25) is 4.79 Å². The summed E-state index contributed by atoms with van der Waals surface area (Å²) >= 11 is 0. The van der Waals surface area contributed by atoms with Gasteiger partial charge in [0.2, 0.25) is 0 Å². The normalized spacial score (nSPS) is 11.6. The van der Waals surface area contributed by atoms with Gasteiger partial charge in [-0.2, -0.15) is 5.26 Å². The van der Waals surface area contributed by atoms with Crippen molar-refractivity contribution in [2.75, 3.05) is 0 Å². The minimum absolute atomic E-state index is 0.000191. The molecule has 1 aromatic rings. The highest BCUT2D eigenvalue weighted by atomic mass is 16.1. The Morgan fingerprint density at radius 1 is 1.12 bits per heavy atom. The molecule has 0 saturated heterocycles. The van der Waals surface area contributed by atoms with Crippen molar-refractivity contribution in [3.63, 3.8) is 0 Å². The minimum atomic E-state index is -0.929. The number of carbonyl (C=O) groups excluding carboxylic acids is 1. The van der Waals surface area contributed by atoms with Gasteiger partial charge in [-0.1, -0.05) is 58.0 Å². The molecule has 1 rings (SSSR count). The first-order chi connectivity index (χ1) is 7.96. The third-order valence-electron chi connectivity index (χ3n) is 3.42. The van der Waals surface area contributed by atoms with E-state index in [1.165, 1.54) is 0 Å². The average Bonchev–Trinajstić information content (AvgIpc) is 2.30. The van der Waals surface area contributed by atoms with Crippen molar-refractivity contribution in [2.24, 2.45) is 17.3 Å². The van der Waals surface area contributed by atoms with E-state index in [1.54, 1.807) is 12.1 Å². The van der Waals surface area contributed by atoms with Crippen LogP contribution in [0.25, 0.3) is 0 Å². The van der Waals surface area contributed by atoms with E-state index in [0.29, 0.717) is 5.56 Å². The molecule has 17 heavy (non-hydrogen) atoms. The van der Waals surface area contributed by atoms with Crippen LogP contribution in [0.5, 0.6) is 0 Å². The molecule has 90 valence electrons. The van der Waals surface area contributed by atoms with Gasteiger partial charge in [-0.05, 0) is 11.8 Å². The molecule has 0 aromatic heterocycles. The molecule has 0 bridgehead atoms. The predicted octanol–water partition coefficient (Wildman–Crippen LogP) is 3.69. The quantitative estimate of drug-likeness (QED) is 0.739. The molecule has 0 fully saturated rings. The first kappa shape index (κ1) is 13.4. The van der Waals surface area contributed by atoms with Crippen molar-refractivity contribution in [1.82, 2.24) is 0 Å². The van der Waals surface area contributed by atoms with E-state index in [-0.39, 0.29) is 17.6 Å². The summed E-state index contributed by atoms with van der Waals surface area (Å²) in [6.45, 7) is 7.74. The maximum atomic E-state index is 12.6. The van der Waals surface area contributed by atoms with E-state index < -0.39 is 5.41 Å². The Morgan fingerprint density at radius 3 is 1.94 bits per heavy atom. The van der Waals surface area contributed by atoms with Crippen LogP contribution >= 0.6 is 0 Å². The van der Waals surface area contributed by atoms with E-state index in [0.717, 1.165) is 0 Å². The van der Waals surface area contributed by atoms with E-state index in [1.807, 2.05) is 45.9 Å². The lowest BCUT2D eigenvalue weighted by atomic mass is 9.66. The molecule has 2 heteroatoms. The largest absolute Gasteiger partial charge is 0.292 e. The summed E-state index contributed by atoms with van der Waals surface area (Å²) < 4.78 is 0. The summed E-state index contributed by atoms with van der Waals surface area (Å²) in [7, 11) is 0. The number of hydrogen-bond donors (Lipinski definition) is 0. The lowest BCUT2D eigenvalue weighted by Gasteiger charge is -2.33. The van der Waals surface area contributed by atoms with Gasteiger partial charge in [0, 0.05) is 5.56 Å². The minimum Gasteiger partial charge on any atom is -0.292 e. The van der Waals surface area contributed by atoms with Gasteiger partial charge in [0.15, 0.2) is 5.78 Å². The highest BCUT2D eigenvalue weighted by molar-refractivity contribution is 6.02. The topological polar surface area (TPSA) is 40.9 Å². The van der Waals surface area contributed by atoms with E-state index >= 15 is 0 Å². The summed E-state index contributed by atoms with van der Waals surface area (Å²) in [5.74, 6) is -0.0639. The average molecular weight is 229 g/mol. The van der Waals surface area contributed by atoms with E-state index in [2.05, 4.69) is 6.07 Å². The molecule has 0 aliphatic carbocycles. The van der Waals surface area contributed by atoms with Gasteiger partial charge < -0.3 is 0 Å². The fraction of sp³-hybridized carbons (Fsp3) is 0.467. The molecule has 1 aromatic carbocycles. The van der Waals surface area contributed by atoms with Crippen LogP contribution in [0.1, 0.15) is 38.1 Å². The first-order valence-corrected chi connectivity index (χ1v) is 5.98. The zero-order chi connectivity index (χ0) is 13.1. The Hall–Kier alpha value is -1.62. The summed E-state index contributed by atoms with van der Waals surface area (Å²) in [6.07, 6.45) is 0. The Bertz CT molecular complexity index is 418. The highest BCUT2D eigenvalue weighted by Crippen LogP contribution is 2.38. The number of nitrogens with zero attached hydrogens (tertiary/aromatic N) is 1. The SMILES string of the molecule is CC(C)C(C#N)(C(=O)c1ccccc1)C(C)C. The molecule has 0 spiro atoms. The van der Waals surface area contributed by atoms with E-state index in [4.69, 9.17) is 0 Å². The van der Waals surface area contributed by atoms with Crippen LogP contribution in [0, 0.1) is 28.6 Å². The van der Waals surface area contributed by atoms with Crippen molar-refractivity contribution < 1.29 is 4.79 Å². The number of nitriles is 1. The Morgan fingerprint density at radius 2 is 1.59 bits per heavy atom. The van der Waals surface area contributed by atoms with Crippen LogP contribution in [0.15, 0.2) is 30.3 Å². The van der Waals surface area contributed by atoms with Crippen molar-refractivity contribution in [1.29, 1.82) is 5.26 Å². The monoisotopic (exact) mass is 229 g/mol. The third-order valence-corrected chi connectivity index (χ3v) is 3.42. The molecule has 0 saturated carbocycles. The molecule has 0 aliphatic rings. The van der Waals surface area contributed by atoms with Crippen LogP contribution in [0.4, 0.5) is 0 Å². The van der Waals surface area contributed by atoms with E-state index in [9.17, 15) is 10.1 Å². The highest BCUT2D eigenvalue weighted by Gasteiger charge is 2.44. The van der Waals surface area contributed by atoms with Crippen molar-refractivity contribution in [3.05, 3.63) is 35.9 Å². The smallest absolute Gasteiger partial charge is 0.183 e. The van der Waals surface area contributed by atoms with Crippen molar-refractivity contribution in [3.8, 4) is 6.07 Å². The van der Waals surface area contributed by atoms with Crippen molar-refractivity contribution in [2.45, 2.75) is 27.7 Å². The molecule has 0 radical (unpaired) electrons. The summed E-state index contributed by atoms with van der Waals surface area (Å²) in [4.78, 5) is 12.6. The van der Waals surface area contributed by atoms with Crippen molar-refractivity contribution >= 4 is 5.78 Å². The number of carbonyl (C=O) groups is 1. The maximum Gasteiger partial charge on any atom is 0.183 e. The van der Waals surface area contributed by atoms with Crippen LogP contribution < -0.4 is 0 Å².